The Hall–Kier alpha value is -2.47. The highest BCUT2D eigenvalue weighted by atomic mass is 19.1. The Morgan fingerprint density at radius 1 is 1.19 bits per heavy atom. The third-order valence-corrected chi connectivity index (χ3v) is 5.55. The predicted molar refractivity (Wildman–Crippen MR) is 98.4 cm³/mol. The van der Waals surface area contributed by atoms with E-state index in [0.717, 1.165) is 32.4 Å². The Bertz CT molecular complexity index is 761. The zero-order valence-electron chi connectivity index (χ0n) is 14.6. The number of pyridine rings is 1. The molecule has 136 valence electrons. The third kappa shape index (κ3) is 3.55. The second-order valence-corrected chi connectivity index (χ2v) is 7.11. The number of benzene rings is 1. The molecule has 2 aromatic rings. The van der Waals surface area contributed by atoms with Gasteiger partial charge in [-0.3, -0.25) is 9.88 Å². The number of piperidine rings is 3. The summed E-state index contributed by atoms with van der Waals surface area (Å²) >= 11 is 0. The highest BCUT2D eigenvalue weighted by molar-refractivity contribution is 5.89. The Morgan fingerprint density at radius 2 is 2.00 bits per heavy atom. The van der Waals surface area contributed by atoms with E-state index in [9.17, 15) is 9.18 Å². The minimum atomic E-state index is -0.427. The number of aromatic nitrogens is 1. The van der Waals surface area contributed by atoms with Crippen LogP contribution in [0.4, 0.5) is 14.9 Å². The van der Waals surface area contributed by atoms with Gasteiger partial charge in [0.05, 0.1) is 5.69 Å². The van der Waals surface area contributed by atoms with Crippen LogP contribution in [0.15, 0.2) is 48.8 Å². The standard InChI is InChI=1S/C20H23FN4O/c21-16-5-1-2-6-17(16)23-20(26)24-19-15-7-10-25(11-8-15)18(19)12-14-4-3-9-22-13-14/h1-6,9,13,15,18-19H,7-8,10-12H2,(H2,23,24,26)/t18-,19-/m1/s1. The van der Waals surface area contributed by atoms with Crippen molar-refractivity contribution in [2.75, 3.05) is 18.4 Å². The van der Waals surface area contributed by atoms with Crippen LogP contribution in [0.25, 0.3) is 0 Å². The van der Waals surface area contributed by atoms with Gasteiger partial charge in [-0.1, -0.05) is 18.2 Å². The molecular weight excluding hydrogens is 331 g/mol. The fourth-order valence-corrected chi connectivity index (χ4v) is 4.25. The summed E-state index contributed by atoms with van der Waals surface area (Å²) in [5.41, 5.74) is 1.38. The van der Waals surface area contributed by atoms with Gasteiger partial charge in [-0.15, -0.1) is 0 Å². The second-order valence-electron chi connectivity index (χ2n) is 7.11. The van der Waals surface area contributed by atoms with E-state index in [4.69, 9.17) is 0 Å². The van der Waals surface area contributed by atoms with Crippen LogP contribution < -0.4 is 10.6 Å². The second kappa shape index (κ2) is 7.41. The quantitative estimate of drug-likeness (QED) is 0.887. The molecule has 5 rings (SSSR count). The van der Waals surface area contributed by atoms with E-state index in [2.05, 4.69) is 26.6 Å². The van der Waals surface area contributed by atoms with Gasteiger partial charge in [0.2, 0.25) is 0 Å². The number of nitrogens with one attached hydrogen (secondary N) is 2. The van der Waals surface area contributed by atoms with Crippen molar-refractivity contribution in [1.29, 1.82) is 0 Å². The topological polar surface area (TPSA) is 57.3 Å². The number of halogens is 1. The smallest absolute Gasteiger partial charge is 0.319 e. The fraction of sp³-hybridized carbons (Fsp3) is 0.400. The van der Waals surface area contributed by atoms with Crippen LogP contribution in [-0.2, 0) is 6.42 Å². The molecule has 1 aromatic heterocycles. The first-order valence-electron chi connectivity index (χ1n) is 9.16. The molecule has 6 heteroatoms. The molecule has 3 aliphatic rings. The Morgan fingerprint density at radius 3 is 2.73 bits per heavy atom. The molecule has 4 heterocycles. The molecular formula is C20H23FN4O. The van der Waals surface area contributed by atoms with Crippen LogP contribution in [-0.4, -0.2) is 41.1 Å². The van der Waals surface area contributed by atoms with Crippen LogP contribution in [0.3, 0.4) is 0 Å². The summed E-state index contributed by atoms with van der Waals surface area (Å²) in [6.07, 6.45) is 6.70. The number of hydrogen-bond acceptors (Lipinski definition) is 3. The molecule has 2 bridgehead atoms. The van der Waals surface area contributed by atoms with Gasteiger partial charge >= 0.3 is 6.03 Å². The zero-order chi connectivity index (χ0) is 17.9. The van der Waals surface area contributed by atoms with Crippen molar-refractivity contribution >= 4 is 11.7 Å². The van der Waals surface area contributed by atoms with Crippen molar-refractivity contribution in [3.05, 3.63) is 60.2 Å². The first-order valence-corrected chi connectivity index (χ1v) is 9.16. The molecule has 5 nitrogen and oxygen atoms in total. The summed E-state index contributed by atoms with van der Waals surface area (Å²) in [6.45, 7) is 2.14. The summed E-state index contributed by atoms with van der Waals surface area (Å²) in [6, 6.07) is 10.2. The molecule has 2 N–H and O–H groups in total. The van der Waals surface area contributed by atoms with Gasteiger partial charge in [0.1, 0.15) is 5.82 Å². The third-order valence-electron chi connectivity index (χ3n) is 5.55. The minimum Gasteiger partial charge on any atom is -0.333 e. The number of hydrogen-bond donors (Lipinski definition) is 2. The van der Waals surface area contributed by atoms with E-state index < -0.39 is 5.82 Å². The monoisotopic (exact) mass is 354 g/mol. The fourth-order valence-electron chi connectivity index (χ4n) is 4.25. The number of urea groups is 1. The molecule has 0 radical (unpaired) electrons. The van der Waals surface area contributed by atoms with Crippen molar-refractivity contribution in [2.45, 2.75) is 31.3 Å². The number of carbonyl (C=O) groups is 1. The van der Waals surface area contributed by atoms with Crippen molar-refractivity contribution in [1.82, 2.24) is 15.2 Å². The van der Waals surface area contributed by atoms with E-state index in [-0.39, 0.29) is 23.8 Å². The van der Waals surface area contributed by atoms with Crippen LogP contribution in [0.2, 0.25) is 0 Å². The minimum absolute atomic E-state index is 0.0597. The Labute approximate surface area is 152 Å². The van der Waals surface area contributed by atoms with E-state index in [1.807, 2.05) is 12.3 Å². The van der Waals surface area contributed by atoms with Crippen LogP contribution >= 0.6 is 0 Å². The van der Waals surface area contributed by atoms with Gasteiger partial charge in [-0.05, 0) is 62.0 Å². The van der Waals surface area contributed by atoms with Gasteiger partial charge < -0.3 is 10.6 Å². The average molecular weight is 354 g/mol. The summed E-state index contributed by atoms with van der Waals surface area (Å²) < 4.78 is 13.8. The molecule has 2 amide bonds. The molecule has 0 unspecified atom stereocenters. The lowest BCUT2D eigenvalue weighted by atomic mass is 9.77. The Kier molecular flexibility index (Phi) is 4.84. The number of nitrogens with zero attached hydrogens (tertiary/aromatic N) is 2. The summed E-state index contributed by atoms with van der Waals surface area (Å²) in [7, 11) is 0. The van der Waals surface area contributed by atoms with Gasteiger partial charge in [0.15, 0.2) is 0 Å². The van der Waals surface area contributed by atoms with Gasteiger partial charge in [0.25, 0.3) is 0 Å². The number of rotatable bonds is 4. The summed E-state index contributed by atoms with van der Waals surface area (Å²) in [4.78, 5) is 19.2. The number of para-hydroxylation sites is 1. The van der Waals surface area contributed by atoms with Crippen LogP contribution in [0, 0.1) is 11.7 Å². The molecule has 0 aliphatic carbocycles. The number of fused-ring (bicyclic) bond motifs is 3. The predicted octanol–water partition coefficient (Wildman–Crippen LogP) is 3.05. The van der Waals surface area contributed by atoms with Gasteiger partial charge in [-0.2, -0.15) is 0 Å². The normalized spacial score (nSPS) is 27.1. The van der Waals surface area contributed by atoms with Crippen molar-refractivity contribution in [3.63, 3.8) is 0 Å². The summed E-state index contributed by atoms with van der Waals surface area (Å²) in [5, 5.41) is 5.76. The van der Waals surface area contributed by atoms with E-state index in [1.54, 1.807) is 24.4 Å². The first kappa shape index (κ1) is 17.0. The molecule has 3 saturated heterocycles. The number of amides is 2. The molecule has 0 saturated carbocycles. The molecule has 3 fully saturated rings. The highest BCUT2D eigenvalue weighted by Gasteiger charge is 2.42. The van der Waals surface area contributed by atoms with Crippen molar-refractivity contribution in [3.8, 4) is 0 Å². The maximum Gasteiger partial charge on any atom is 0.319 e. The molecule has 1 aromatic carbocycles. The SMILES string of the molecule is O=C(Nc1ccccc1F)N[C@@H]1C2CCN(CC2)[C@@H]1Cc1cccnc1. The van der Waals surface area contributed by atoms with Crippen LogP contribution in [0.5, 0.6) is 0 Å². The van der Waals surface area contributed by atoms with E-state index >= 15 is 0 Å². The largest absolute Gasteiger partial charge is 0.333 e. The van der Waals surface area contributed by atoms with Crippen LogP contribution in [0.1, 0.15) is 18.4 Å². The molecule has 2 atom stereocenters. The Balaban J connectivity index is 1.47. The van der Waals surface area contributed by atoms with E-state index in [1.165, 1.54) is 11.6 Å². The van der Waals surface area contributed by atoms with Crippen molar-refractivity contribution < 1.29 is 9.18 Å². The average Bonchev–Trinajstić information content (AvgIpc) is 2.67. The zero-order valence-corrected chi connectivity index (χ0v) is 14.6. The summed E-state index contributed by atoms with van der Waals surface area (Å²) in [5.74, 6) is 0.0384. The number of anilines is 1. The lowest BCUT2D eigenvalue weighted by molar-refractivity contribution is 0.0184. The molecule has 3 aliphatic heterocycles. The lowest BCUT2D eigenvalue weighted by Gasteiger charge is -2.51. The van der Waals surface area contributed by atoms with Gasteiger partial charge in [-0.25, -0.2) is 9.18 Å². The van der Waals surface area contributed by atoms with Gasteiger partial charge in [0, 0.05) is 24.5 Å². The van der Waals surface area contributed by atoms with E-state index in [0.29, 0.717) is 5.92 Å². The van der Waals surface area contributed by atoms with Crippen molar-refractivity contribution in [2.24, 2.45) is 5.92 Å². The first-order chi connectivity index (χ1) is 12.7. The maximum atomic E-state index is 13.8. The maximum absolute atomic E-state index is 13.8. The number of carbonyl (C=O) groups excluding carboxylic acids is 1. The molecule has 0 spiro atoms. The lowest BCUT2D eigenvalue weighted by Crippen LogP contribution is -2.64. The highest BCUT2D eigenvalue weighted by Crippen LogP contribution is 2.34. The molecule has 26 heavy (non-hydrogen) atoms.